The highest BCUT2D eigenvalue weighted by atomic mass is 16.5. The number of rotatable bonds is 11. The van der Waals surface area contributed by atoms with E-state index in [-0.39, 0.29) is 6.03 Å². The Bertz CT molecular complexity index is 752. The lowest BCUT2D eigenvalue weighted by Gasteiger charge is -2.13. The van der Waals surface area contributed by atoms with E-state index in [1.165, 1.54) is 0 Å². The first-order valence-corrected chi connectivity index (χ1v) is 9.56. The lowest BCUT2D eigenvalue weighted by atomic mass is 10.2. The molecule has 2 N–H and O–H groups in total. The number of carbonyl (C=O) groups excluding carboxylic acids is 1. The Morgan fingerprint density at radius 1 is 1.07 bits per heavy atom. The number of methoxy groups -OCH3 is 1. The van der Waals surface area contributed by atoms with Crippen molar-refractivity contribution < 1.29 is 19.0 Å². The lowest BCUT2D eigenvalue weighted by Crippen LogP contribution is -2.34. The minimum Gasteiger partial charge on any atom is -0.493 e. The first kappa shape index (κ1) is 21.3. The predicted octanol–water partition coefficient (Wildman–Crippen LogP) is 3.67. The fourth-order valence-electron chi connectivity index (χ4n) is 2.52. The van der Waals surface area contributed by atoms with Crippen LogP contribution in [0.2, 0.25) is 0 Å². The summed E-state index contributed by atoms with van der Waals surface area (Å²) < 4.78 is 16.5. The molecule has 28 heavy (non-hydrogen) atoms. The number of carbonyl (C=O) groups is 1. The summed E-state index contributed by atoms with van der Waals surface area (Å²) in [5, 5.41) is 5.67. The van der Waals surface area contributed by atoms with Crippen molar-refractivity contribution in [2.45, 2.75) is 39.8 Å². The molecule has 0 saturated carbocycles. The highest BCUT2D eigenvalue weighted by Gasteiger charge is 2.09. The van der Waals surface area contributed by atoms with Crippen LogP contribution in [0.4, 0.5) is 4.79 Å². The van der Waals surface area contributed by atoms with E-state index in [1.807, 2.05) is 37.3 Å². The van der Waals surface area contributed by atoms with Crippen LogP contribution < -0.4 is 24.8 Å². The topological polar surface area (TPSA) is 81.7 Å². The molecule has 152 valence electrons. The van der Waals surface area contributed by atoms with Gasteiger partial charge >= 0.3 is 6.03 Å². The average Bonchev–Trinajstić information content (AvgIpc) is 2.72. The Balaban J connectivity index is 1.85. The molecule has 2 amide bonds. The van der Waals surface area contributed by atoms with Crippen LogP contribution in [-0.4, -0.2) is 31.3 Å². The van der Waals surface area contributed by atoms with Crippen LogP contribution in [0.1, 0.15) is 37.8 Å². The fraction of sp³-hybridized carbons (Fsp3) is 0.429. The molecule has 1 aromatic heterocycles. The summed E-state index contributed by atoms with van der Waals surface area (Å²) in [6.07, 6.45) is 3.71. The summed E-state index contributed by atoms with van der Waals surface area (Å²) >= 11 is 0. The van der Waals surface area contributed by atoms with Gasteiger partial charge in [0.25, 0.3) is 0 Å². The van der Waals surface area contributed by atoms with E-state index in [2.05, 4.69) is 22.5 Å². The van der Waals surface area contributed by atoms with Crippen LogP contribution in [0, 0.1) is 0 Å². The lowest BCUT2D eigenvalue weighted by molar-refractivity contribution is 0.239. The first-order valence-electron chi connectivity index (χ1n) is 9.56. The average molecular weight is 387 g/mol. The second-order valence-electron chi connectivity index (χ2n) is 6.12. The van der Waals surface area contributed by atoms with E-state index in [4.69, 9.17) is 14.2 Å². The van der Waals surface area contributed by atoms with Crippen LogP contribution in [0.3, 0.4) is 0 Å². The molecule has 0 bridgehead atoms. The molecule has 2 rings (SSSR count). The molecule has 7 nitrogen and oxygen atoms in total. The third-order valence-corrected chi connectivity index (χ3v) is 4.01. The highest BCUT2D eigenvalue weighted by molar-refractivity contribution is 5.73. The molecule has 0 atom stereocenters. The third kappa shape index (κ3) is 6.64. The number of unbranched alkanes of at least 4 members (excludes halogenated alkanes) is 1. The second-order valence-corrected chi connectivity index (χ2v) is 6.12. The number of amides is 2. The number of urea groups is 1. The van der Waals surface area contributed by atoms with Crippen LogP contribution in [0.25, 0.3) is 0 Å². The highest BCUT2D eigenvalue weighted by Crippen LogP contribution is 2.27. The van der Waals surface area contributed by atoms with Crippen molar-refractivity contribution in [3.63, 3.8) is 0 Å². The quantitative estimate of drug-likeness (QED) is 0.575. The maximum Gasteiger partial charge on any atom is 0.315 e. The minimum absolute atomic E-state index is 0.267. The molecular weight excluding hydrogens is 358 g/mol. The summed E-state index contributed by atoms with van der Waals surface area (Å²) in [7, 11) is 1.59. The van der Waals surface area contributed by atoms with Crippen molar-refractivity contribution in [3.05, 3.63) is 47.7 Å². The van der Waals surface area contributed by atoms with Gasteiger partial charge in [-0.3, -0.25) is 0 Å². The Morgan fingerprint density at radius 2 is 1.89 bits per heavy atom. The minimum atomic E-state index is -0.267. The molecule has 7 heteroatoms. The Morgan fingerprint density at radius 3 is 2.64 bits per heavy atom. The van der Waals surface area contributed by atoms with Crippen molar-refractivity contribution >= 4 is 6.03 Å². The van der Waals surface area contributed by atoms with Crippen molar-refractivity contribution in [1.82, 2.24) is 15.6 Å². The SMILES string of the molecule is CCCCOc1ncccc1CNC(=O)NCc1ccc(OCC)c(OC)c1. The molecule has 0 aliphatic carbocycles. The number of pyridine rings is 1. The van der Waals surface area contributed by atoms with Crippen molar-refractivity contribution in [1.29, 1.82) is 0 Å². The molecule has 1 heterocycles. The van der Waals surface area contributed by atoms with Gasteiger partial charge in [-0.2, -0.15) is 0 Å². The summed E-state index contributed by atoms with van der Waals surface area (Å²) in [5.41, 5.74) is 1.76. The van der Waals surface area contributed by atoms with E-state index < -0.39 is 0 Å². The monoisotopic (exact) mass is 387 g/mol. The molecule has 0 radical (unpaired) electrons. The van der Waals surface area contributed by atoms with Crippen molar-refractivity contribution in [3.8, 4) is 17.4 Å². The second kappa shape index (κ2) is 11.7. The molecule has 0 aliphatic heterocycles. The number of hydrogen-bond donors (Lipinski definition) is 2. The van der Waals surface area contributed by atoms with Gasteiger partial charge in [-0.05, 0) is 37.1 Å². The smallest absolute Gasteiger partial charge is 0.315 e. The van der Waals surface area contributed by atoms with Crippen LogP contribution >= 0.6 is 0 Å². The Labute approximate surface area is 166 Å². The van der Waals surface area contributed by atoms with Gasteiger partial charge in [0, 0.05) is 24.8 Å². The Kier molecular flexibility index (Phi) is 8.91. The number of hydrogen-bond acceptors (Lipinski definition) is 5. The number of nitrogens with one attached hydrogen (secondary N) is 2. The van der Waals surface area contributed by atoms with E-state index in [0.717, 1.165) is 24.0 Å². The first-order chi connectivity index (χ1) is 13.7. The van der Waals surface area contributed by atoms with E-state index in [0.29, 0.717) is 43.7 Å². The zero-order valence-corrected chi connectivity index (χ0v) is 16.8. The summed E-state index contributed by atoms with van der Waals surface area (Å²) in [5.74, 6) is 1.89. The van der Waals surface area contributed by atoms with Crippen molar-refractivity contribution in [2.75, 3.05) is 20.3 Å². The molecule has 0 unspecified atom stereocenters. The predicted molar refractivity (Wildman–Crippen MR) is 108 cm³/mol. The summed E-state index contributed by atoms with van der Waals surface area (Å²) in [6, 6.07) is 9.05. The van der Waals surface area contributed by atoms with Gasteiger partial charge in [0.2, 0.25) is 5.88 Å². The molecule has 2 aromatic rings. The molecule has 0 saturated heterocycles. The van der Waals surface area contributed by atoms with Gasteiger partial charge < -0.3 is 24.8 Å². The van der Waals surface area contributed by atoms with Gasteiger partial charge in [-0.1, -0.05) is 25.5 Å². The van der Waals surface area contributed by atoms with E-state index >= 15 is 0 Å². The third-order valence-electron chi connectivity index (χ3n) is 4.01. The fourth-order valence-corrected chi connectivity index (χ4v) is 2.52. The molecular formula is C21H29N3O4. The maximum absolute atomic E-state index is 12.1. The number of ether oxygens (including phenoxy) is 3. The van der Waals surface area contributed by atoms with Gasteiger partial charge in [0.15, 0.2) is 11.5 Å². The van der Waals surface area contributed by atoms with E-state index in [9.17, 15) is 4.79 Å². The van der Waals surface area contributed by atoms with Crippen LogP contribution in [-0.2, 0) is 13.1 Å². The normalized spacial score (nSPS) is 10.2. The standard InChI is InChI=1S/C21H29N3O4/c1-4-6-12-28-20-17(8-7-11-22-20)15-24-21(25)23-14-16-9-10-18(27-5-2)19(13-16)26-3/h7-11,13H,4-6,12,14-15H2,1-3H3,(H2,23,24,25). The van der Waals surface area contributed by atoms with Gasteiger partial charge in [-0.15, -0.1) is 0 Å². The zero-order chi connectivity index (χ0) is 20.2. The van der Waals surface area contributed by atoms with Gasteiger partial charge in [0.05, 0.1) is 20.3 Å². The summed E-state index contributed by atoms with van der Waals surface area (Å²) in [6.45, 7) is 5.92. The molecule has 0 fully saturated rings. The van der Waals surface area contributed by atoms with E-state index in [1.54, 1.807) is 13.3 Å². The van der Waals surface area contributed by atoms with Gasteiger partial charge in [-0.25, -0.2) is 9.78 Å². The molecule has 0 aliphatic rings. The van der Waals surface area contributed by atoms with Crippen molar-refractivity contribution in [2.24, 2.45) is 0 Å². The number of aromatic nitrogens is 1. The van der Waals surface area contributed by atoms with Gasteiger partial charge in [0.1, 0.15) is 0 Å². The maximum atomic E-state index is 12.1. The molecule has 0 spiro atoms. The number of nitrogens with zero attached hydrogens (tertiary/aromatic N) is 1. The zero-order valence-electron chi connectivity index (χ0n) is 16.8. The molecule has 1 aromatic carbocycles. The largest absolute Gasteiger partial charge is 0.493 e. The number of benzene rings is 1. The van der Waals surface area contributed by atoms with Crippen LogP contribution in [0.5, 0.6) is 17.4 Å². The Hall–Kier alpha value is -2.96. The van der Waals surface area contributed by atoms with Crippen LogP contribution in [0.15, 0.2) is 36.5 Å². The summed E-state index contributed by atoms with van der Waals surface area (Å²) in [4.78, 5) is 16.4.